The van der Waals surface area contributed by atoms with Gasteiger partial charge in [0.2, 0.25) is 0 Å². The van der Waals surface area contributed by atoms with Crippen molar-refractivity contribution in [1.82, 2.24) is 15.4 Å². The minimum absolute atomic E-state index is 0.0157. The third kappa shape index (κ3) is 8.06. The van der Waals surface area contributed by atoms with Gasteiger partial charge in [-0.1, -0.05) is 19.3 Å². The minimum atomic E-state index is -0.688. The molecular weight excluding hydrogens is 486 g/mol. The number of pyridine rings is 1. The zero-order valence-electron chi connectivity index (χ0n) is 22.4. The summed E-state index contributed by atoms with van der Waals surface area (Å²) in [6.45, 7) is 3.02. The molecule has 37 heavy (non-hydrogen) atoms. The number of fused-ring (bicyclic) bond motifs is 1. The van der Waals surface area contributed by atoms with Crippen LogP contribution in [-0.4, -0.2) is 65.8 Å². The van der Waals surface area contributed by atoms with Gasteiger partial charge in [-0.2, -0.15) is 17.2 Å². The average Bonchev–Trinajstić information content (AvgIpc) is 2.91. The van der Waals surface area contributed by atoms with Gasteiger partial charge in [-0.3, -0.25) is 9.78 Å². The molecule has 2 aromatic rings. The summed E-state index contributed by atoms with van der Waals surface area (Å²) in [4.78, 5) is 24.2. The van der Waals surface area contributed by atoms with Crippen LogP contribution < -0.4 is 10.2 Å². The standard InChI is InChI=1S/C29H43N3O4S/c1-35-23-9-11-27-26(19-23)25(12-14-30-27)28(31-36-2)10-8-21-13-15-32(20-22(21)18-29(33)34)16-17-37-24-6-4-3-5-7-24/h9,11-12,14,19,21-22,24,28,31H,3-8,10,13,15-18,20H2,1-2H3,(H,33,34)/t21-,22+,28-/m1/s1. The molecule has 1 aliphatic heterocycles. The number of carbonyl (C=O) groups is 1. The number of benzene rings is 1. The molecule has 0 bridgehead atoms. The van der Waals surface area contributed by atoms with Crippen LogP contribution in [0.4, 0.5) is 0 Å². The SMILES string of the molecule is CON[C@H](CC[C@@H]1CCN(CCSC2CCCCC2)C[C@@H]1CC(=O)O)c1ccnc2ccc(OC)cc12. The number of thioether (sulfide) groups is 1. The van der Waals surface area contributed by atoms with E-state index in [4.69, 9.17) is 9.57 Å². The topological polar surface area (TPSA) is 83.9 Å². The third-order valence-corrected chi connectivity index (χ3v) is 9.53. The Kier molecular flexibility index (Phi) is 10.9. The number of aromatic nitrogens is 1. The lowest BCUT2D eigenvalue weighted by Crippen LogP contribution is -2.42. The summed E-state index contributed by atoms with van der Waals surface area (Å²) >= 11 is 2.13. The molecule has 0 amide bonds. The average molecular weight is 530 g/mol. The molecule has 1 saturated carbocycles. The summed E-state index contributed by atoms with van der Waals surface area (Å²) in [7, 11) is 3.32. The van der Waals surface area contributed by atoms with Gasteiger partial charge < -0.3 is 19.6 Å². The van der Waals surface area contributed by atoms with Gasteiger partial charge in [-0.05, 0) is 80.3 Å². The highest BCUT2D eigenvalue weighted by Gasteiger charge is 2.31. The molecule has 1 aromatic heterocycles. The van der Waals surface area contributed by atoms with E-state index in [1.807, 2.05) is 30.5 Å². The Labute approximate surface area is 225 Å². The van der Waals surface area contributed by atoms with Crippen molar-refractivity contribution in [2.45, 2.75) is 69.1 Å². The molecule has 2 aliphatic rings. The van der Waals surface area contributed by atoms with Gasteiger partial charge in [-0.15, -0.1) is 0 Å². The number of ether oxygens (including phenoxy) is 1. The highest BCUT2D eigenvalue weighted by molar-refractivity contribution is 7.99. The van der Waals surface area contributed by atoms with Crippen molar-refractivity contribution in [2.24, 2.45) is 11.8 Å². The van der Waals surface area contributed by atoms with E-state index in [0.29, 0.717) is 5.92 Å². The van der Waals surface area contributed by atoms with Crippen LogP contribution in [0.1, 0.15) is 69.4 Å². The first-order valence-corrected chi connectivity index (χ1v) is 14.9. The fourth-order valence-electron chi connectivity index (χ4n) is 6.15. The van der Waals surface area contributed by atoms with Gasteiger partial charge in [0.05, 0.1) is 25.8 Å². The van der Waals surface area contributed by atoms with Gasteiger partial charge in [0.25, 0.3) is 0 Å². The molecule has 0 unspecified atom stereocenters. The Morgan fingerprint density at radius 1 is 1.19 bits per heavy atom. The van der Waals surface area contributed by atoms with E-state index in [-0.39, 0.29) is 18.4 Å². The minimum Gasteiger partial charge on any atom is -0.497 e. The summed E-state index contributed by atoms with van der Waals surface area (Å²) in [6, 6.07) is 7.96. The van der Waals surface area contributed by atoms with E-state index in [0.717, 1.165) is 72.1 Å². The number of piperidine rings is 1. The summed E-state index contributed by atoms with van der Waals surface area (Å²) in [5.41, 5.74) is 5.24. The zero-order valence-corrected chi connectivity index (χ0v) is 23.2. The smallest absolute Gasteiger partial charge is 0.303 e. The number of rotatable bonds is 13. The molecule has 1 saturated heterocycles. The van der Waals surface area contributed by atoms with E-state index in [1.165, 1.54) is 32.1 Å². The first kappa shape index (κ1) is 28.1. The van der Waals surface area contributed by atoms with E-state index < -0.39 is 5.97 Å². The van der Waals surface area contributed by atoms with Gasteiger partial charge in [0, 0.05) is 42.1 Å². The number of nitrogens with one attached hydrogen (secondary N) is 1. The molecule has 2 fully saturated rings. The molecule has 3 atom stereocenters. The number of hydrogen-bond donors (Lipinski definition) is 2. The molecule has 4 rings (SSSR count). The lowest BCUT2D eigenvalue weighted by atomic mass is 9.79. The number of carboxylic acids is 1. The second kappa shape index (κ2) is 14.3. The van der Waals surface area contributed by atoms with E-state index in [9.17, 15) is 9.90 Å². The Hall–Kier alpha value is -1.87. The fourth-order valence-corrected chi connectivity index (χ4v) is 7.52. The van der Waals surface area contributed by atoms with Crippen molar-refractivity contribution in [3.8, 4) is 5.75 Å². The molecule has 2 heterocycles. The van der Waals surface area contributed by atoms with Gasteiger partial charge in [-0.25, -0.2) is 0 Å². The Morgan fingerprint density at radius 2 is 2.03 bits per heavy atom. The third-order valence-electron chi connectivity index (χ3n) is 8.17. The number of hydrogen-bond acceptors (Lipinski definition) is 7. The Balaban J connectivity index is 1.37. The molecule has 8 heteroatoms. The molecule has 0 radical (unpaired) electrons. The van der Waals surface area contributed by atoms with Gasteiger partial charge in [0.1, 0.15) is 5.75 Å². The van der Waals surface area contributed by atoms with Crippen LogP contribution >= 0.6 is 11.8 Å². The quantitative estimate of drug-likeness (QED) is 0.320. The lowest BCUT2D eigenvalue weighted by Gasteiger charge is -2.39. The van der Waals surface area contributed by atoms with Gasteiger partial charge >= 0.3 is 5.97 Å². The first-order valence-electron chi connectivity index (χ1n) is 13.8. The number of likely N-dealkylation sites (tertiary alicyclic amines) is 1. The van der Waals surface area contributed by atoms with Crippen LogP contribution in [0.3, 0.4) is 0 Å². The first-order chi connectivity index (χ1) is 18.1. The van der Waals surface area contributed by atoms with Crippen LogP contribution in [0.25, 0.3) is 10.9 Å². The molecule has 7 nitrogen and oxygen atoms in total. The zero-order chi connectivity index (χ0) is 26.0. The monoisotopic (exact) mass is 529 g/mol. The predicted molar refractivity (Wildman–Crippen MR) is 150 cm³/mol. The normalized spacial score (nSPS) is 22.2. The highest BCUT2D eigenvalue weighted by atomic mass is 32.2. The van der Waals surface area contributed by atoms with Crippen LogP contribution in [0.2, 0.25) is 0 Å². The second-order valence-electron chi connectivity index (χ2n) is 10.6. The van der Waals surface area contributed by atoms with Crippen LogP contribution in [-0.2, 0) is 9.63 Å². The molecule has 1 aliphatic carbocycles. The molecule has 2 N–H and O–H groups in total. The summed E-state index contributed by atoms with van der Waals surface area (Å²) in [5.74, 6) is 1.85. The molecule has 204 valence electrons. The fraction of sp³-hybridized carbons (Fsp3) is 0.655. The number of nitrogens with zero attached hydrogens (tertiary/aromatic N) is 2. The predicted octanol–water partition coefficient (Wildman–Crippen LogP) is 5.69. The molecule has 1 aromatic carbocycles. The molecular formula is C29H43N3O4S. The maximum atomic E-state index is 11.7. The lowest BCUT2D eigenvalue weighted by molar-refractivity contribution is -0.139. The number of aliphatic carboxylic acids is 1. The van der Waals surface area contributed by atoms with E-state index in [1.54, 1.807) is 14.2 Å². The number of carboxylic acid groups (broad SMARTS) is 1. The largest absolute Gasteiger partial charge is 0.497 e. The van der Waals surface area contributed by atoms with Crippen LogP contribution in [0.15, 0.2) is 30.5 Å². The number of methoxy groups -OCH3 is 1. The summed E-state index contributed by atoms with van der Waals surface area (Å²) in [6.07, 6.45) is 11.8. The van der Waals surface area contributed by atoms with Crippen LogP contribution in [0, 0.1) is 11.8 Å². The summed E-state index contributed by atoms with van der Waals surface area (Å²) < 4.78 is 5.45. The Bertz CT molecular complexity index is 1000. The van der Waals surface area contributed by atoms with E-state index in [2.05, 4.69) is 27.1 Å². The highest BCUT2D eigenvalue weighted by Crippen LogP contribution is 2.35. The second-order valence-corrected chi connectivity index (χ2v) is 12.0. The molecule has 0 spiro atoms. The van der Waals surface area contributed by atoms with Crippen molar-refractivity contribution in [1.29, 1.82) is 0 Å². The Morgan fingerprint density at radius 3 is 2.78 bits per heavy atom. The van der Waals surface area contributed by atoms with Crippen molar-refractivity contribution >= 4 is 28.6 Å². The van der Waals surface area contributed by atoms with Crippen molar-refractivity contribution in [3.63, 3.8) is 0 Å². The summed E-state index contributed by atoms with van der Waals surface area (Å²) in [5, 5.41) is 11.5. The van der Waals surface area contributed by atoms with Crippen LogP contribution in [0.5, 0.6) is 5.75 Å². The van der Waals surface area contributed by atoms with Gasteiger partial charge in [0.15, 0.2) is 0 Å². The maximum absolute atomic E-state index is 11.7. The van der Waals surface area contributed by atoms with Crippen molar-refractivity contribution in [3.05, 3.63) is 36.0 Å². The van der Waals surface area contributed by atoms with Crippen molar-refractivity contribution < 1.29 is 19.5 Å². The maximum Gasteiger partial charge on any atom is 0.303 e. The van der Waals surface area contributed by atoms with E-state index >= 15 is 0 Å². The van der Waals surface area contributed by atoms with Crippen molar-refractivity contribution in [2.75, 3.05) is 39.6 Å². The number of hydroxylamine groups is 1.